The Balaban J connectivity index is 3.66. The van der Waals surface area contributed by atoms with Crippen molar-refractivity contribution in [2.45, 2.75) is 264 Å². The van der Waals surface area contributed by atoms with E-state index in [2.05, 4.69) is 172 Å². The highest BCUT2D eigenvalue weighted by atomic mass is 16.6. The molecule has 0 aliphatic carbocycles. The van der Waals surface area contributed by atoms with Gasteiger partial charge in [0, 0.05) is 12.8 Å². The number of esters is 2. The first-order valence-electron chi connectivity index (χ1n) is 31.0. The minimum Gasteiger partial charge on any atom is -0.462 e. The summed E-state index contributed by atoms with van der Waals surface area (Å²) in [5.41, 5.74) is 0. The standard InChI is InChI=1S/C71H114O5/c1-3-5-7-9-11-13-15-17-19-21-23-25-26-27-28-29-30-31-32-33-34-35-36-37-38-39-40-41-42-43-44-46-48-50-52-54-56-58-60-62-64-66-71(74)76-69(67-72)68-75-70(73)65-63-61-59-57-55-53-51-49-47-45-24-22-20-18-16-14-12-10-8-6-4-2/h5,7,11,13,17,19,22-25,27-28,30-31,33-34,36-37,39-40,42-43,46,48,52,54,69,72H,3-4,6,8-10,12,14-16,18,20-21,26,29,32,35,38,41,44-45,47,49-51,53,55-68H2,1-2H3/b7-5-,13-11-,19-17-,24-22-,25-23-,28-27-,31-30-,34-33-,37-36-,40-39-,43-42-,48-46-,54-52-. The molecule has 0 radical (unpaired) electrons. The molecule has 0 spiro atoms. The van der Waals surface area contributed by atoms with Crippen LogP contribution in [0.3, 0.4) is 0 Å². The molecule has 0 aromatic heterocycles. The zero-order valence-corrected chi connectivity index (χ0v) is 49.0. The van der Waals surface area contributed by atoms with Gasteiger partial charge in [0.1, 0.15) is 6.61 Å². The zero-order chi connectivity index (χ0) is 54.8. The molecule has 0 bridgehead atoms. The molecule has 0 saturated heterocycles. The number of ether oxygens (including phenoxy) is 2. The molecule has 1 N–H and O–H groups in total. The average molecular weight is 1050 g/mol. The highest BCUT2D eigenvalue weighted by molar-refractivity contribution is 5.70. The molecule has 5 nitrogen and oxygen atoms in total. The van der Waals surface area contributed by atoms with Crippen molar-refractivity contribution in [2.75, 3.05) is 13.2 Å². The molecular weight excluding hydrogens is 933 g/mol. The molecule has 0 saturated carbocycles. The lowest BCUT2D eigenvalue weighted by Gasteiger charge is -2.15. The Morgan fingerprint density at radius 1 is 0.316 bits per heavy atom. The second kappa shape index (κ2) is 64.8. The topological polar surface area (TPSA) is 72.8 Å². The number of hydrogen-bond acceptors (Lipinski definition) is 5. The second-order valence-electron chi connectivity index (χ2n) is 20.0. The molecule has 0 aliphatic heterocycles. The van der Waals surface area contributed by atoms with Gasteiger partial charge in [-0.15, -0.1) is 0 Å². The number of rotatable bonds is 55. The molecule has 0 fully saturated rings. The number of carbonyl (C=O) groups excluding carboxylic acids is 2. The summed E-state index contributed by atoms with van der Waals surface area (Å²) in [6.07, 6.45) is 99.4. The third-order valence-electron chi connectivity index (χ3n) is 12.8. The number of unbranched alkanes of at least 4 members (excludes halogenated alkanes) is 21. The van der Waals surface area contributed by atoms with Crippen molar-refractivity contribution in [3.63, 3.8) is 0 Å². The van der Waals surface area contributed by atoms with Crippen LogP contribution in [-0.4, -0.2) is 36.4 Å². The third-order valence-corrected chi connectivity index (χ3v) is 12.8. The molecule has 428 valence electrons. The van der Waals surface area contributed by atoms with Gasteiger partial charge in [-0.05, 0) is 128 Å². The molecular formula is C71H114O5. The molecule has 0 amide bonds. The van der Waals surface area contributed by atoms with E-state index in [-0.39, 0.29) is 25.2 Å². The Labute approximate surface area is 469 Å². The van der Waals surface area contributed by atoms with Gasteiger partial charge in [0.2, 0.25) is 0 Å². The predicted octanol–water partition coefficient (Wildman–Crippen LogP) is 21.5. The summed E-state index contributed by atoms with van der Waals surface area (Å²) < 4.78 is 10.7. The molecule has 0 rings (SSSR count). The van der Waals surface area contributed by atoms with Crippen LogP contribution >= 0.6 is 0 Å². The van der Waals surface area contributed by atoms with Crippen molar-refractivity contribution >= 4 is 11.9 Å². The van der Waals surface area contributed by atoms with Crippen LogP contribution in [-0.2, 0) is 19.1 Å². The molecule has 1 atom stereocenters. The summed E-state index contributed by atoms with van der Waals surface area (Å²) in [7, 11) is 0. The second-order valence-corrected chi connectivity index (χ2v) is 20.0. The van der Waals surface area contributed by atoms with Gasteiger partial charge in [-0.3, -0.25) is 9.59 Å². The van der Waals surface area contributed by atoms with E-state index in [1.807, 2.05) is 0 Å². The molecule has 0 aromatic rings. The Bertz CT molecular complexity index is 1660. The minimum absolute atomic E-state index is 0.0856. The summed E-state index contributed by atoms with van der Waals surface area (Å²) in [5, 5.41) is 9.66. The number of aliphatic hydroxyl groups excluding tert-OH is 1. The highest BCUT2D eigenvalue weighted by Crippen LogP contribution is 2.14. The van der Waals surface area contributed by atoms with Gasteiger partial charge in [-0.1, -0.05) is 275 Å². The van der Waals surface area contributed by atoms with Gasteiger partial charge in [-0.25, -0.2) is 0 Å². The van der Waals surface area contributed by atoms with Crippen LogP contribution in [0, 0.1) is 0 Å². The Morgan fingerprint density at radius 3 is 0.868 bits per heavy atom. The normalized spacial score (nSPS) is 13.4. The highest BCUT2D eigenvalue weighted by Gasteiger charge is 2.16. The summed E-state index contributed by atoms with van der Waals surface area (Å²) in [6.45, 7) is 4.01. The van der Waals surface area contributed by atoms with Crippen LogP contribution < -0.4 is 0 Å². The van der Waals surface area contributed by atoms with Crippen molar-refractivity contribution in [2.24, 2.45) is 0 Å². The number of hydrogen-bond donors (Lipinski definition) is 1. The maximum Gasteiger partial charge on any atom is 0.306 e. The van der Waals surface area contributed by atoms with Crippen LogP contribution in [0.2, 0.25) is 0 Å². The SMILES string of the molecule is CC/C=C\C/C=C\C/C=C\C/C=C\C/C=C\C/C=C\C/C=C\C/C=C\C/C=C\C/C=C\C/C=C\C/C=C\CCCCCCC(=O)OC(CO)COC(=O)CCCCCCCCCCC/C=C\CCCCCCCCCC. The fourth-order valence-electron chi connectivity index (χ4n) is 8.18. The Kier molecular flexibility index (Phi) is 61.0. The Morgan fingerprint density at radius 2 is 0.566 bits per heavy atom. The fourth-order valence-corrected chi connectivity index (χ4v) is 8.18. The van der Waals surface area contributed by atoms with E-state index in [1.165, 1.54) is 103 Å². The monoisotopic (exact) mass is 1050 g/mol. The summed E-state index contributed by atoms with van der Waals surface area (Å²) in [5.74, 6) is -0.628. The van der Waals surface area contributed by atoms with Gasteiger partial charge in [0.05, 0.1) is 6.61 Å². The van der Waals surface area contributed by atoms with Crippen molar-refractivity contribution in [1.29, 1.82) is 0 Å². The average Bonchev–Trinajstić information content (AvgIpc) is 3.42. The van der Waals surface area contributed by atoms with Gasteiger partial charge in [0.25, 0.3) is 0 Å². The van der Waals surface area contributed by atoms with Crippen molar-refractivity contribution in [1.82, 2.24) is 0 Å². The largest absolute Gasteiger partial charge is 0.462 e. The van der Waals surface area contributed by atoms with Crippen LogP contribution in [0.15, 0.2) is 158 Å². The maximum absolute atomic E-state index is 12.3. The van der Waals surface area contributed by atoms with E-state index in [0.29, 0.717) is 12.8 Å². The molecule has 76 heavy (non-hydrogen) atoms. The lowest BCUT2D eigenvalue weighted by Crippen LogP contribution is -2.28. The van der Waals surface area contributed by atoms with Crippen molar-refractivity contribution in [3.05, 3.63) is 158 Å². The molecule has 5 heteroatoms. The van der Waals surface area contributed by atoms with E-state index in [0.717, 1.165) is 128 Å². The Hall–Kier alpha value is -4.48. The molecule has 1 unspecified atom stereocenters. The van der Waals surface area contributed by atoms with E-state index >= 15 is 0 Å². The number of aliphatic hydroxyl groups is 1. The lowest BCUT2D eigenvalue weighted by atomic mass is 10.1. The first kappa shape index (κ1) is 71.5. The van der Waals surface area contributed by atoms with E-state index in [9.17, 15) is 14.7 Å². The number of carbonyl (C=O) groups is 2. The van der Waals surface area contributed by atoms with E-state index in [4.69, 9.17) is 9.47 Å². The van der Waals surface area contributed by atoms with Crippen molar-refractivity contribution < 1.29 is 24.2 Å². The predicted molar refractivity (Wildman–Crippen MR) is 334 cm³/mol. The molecule has 0 aromatic carbocycles. The first-order chi connectivity index (χ1) is 37.6. The smallest absolute Gasteiger partial charge is 0.306 e. The molecule has 0 heterocycles. The van der Waals surface area contributed by atoms with Gasteiger partial charge in [-0.2, -0.15) is 0 Å². The fraction of sp³-hybridized carbons (Fsp3) is 0.606. The van der Waals surface area contributed by atoms with E-state index < -0.39 is 6.10 Å². The van der Waals surface area contributed by atoms with Crippen LogP contribution in [0.1, 0.15) is 258 Å². The quantitative estimate of drug-likeness (QED) is 0.0373. The van der Waals surface area contributed by atoms with Crippen LogP contribution in [0.5, 0.6) is 0 Å². The van der Waals surface area contributed by atoms with Gasteiger partial charge in [0.15, 0.2) is 6.10 Å². The summed E-state index contributed by atoms with van der Waals surface area (Å²) in [4.78, 5) is 24.5. The third kappa shape index (κ3) is 62.1. The summed E-state index contributed by atoms with van der Waals surface area (Å²) >= 11 is 0. The first-order valence-corrected chi connectivity index (χ1v) is 31.0. The van der Waals surface area contributed by atoms with Gasteiger partial charge < -0.3 is 14.6 Å². The zero-order valence-electron chi connectivity index (χ0n) is 49.0. The van der Waals surface area contributed by atoms with Crippen LogP contribution in [0.4, 0.5) is 0 Å². The van der Waals surface area contributed by atoms with Crippen molar-refractivity contribution in [3.8, 4) is 0 Å². The minimum atomic E-state index is -0.798. The van der Waals surface area contributed by atoms with E-state index in [1.54, 1.807) is 0 Å². The lowest BCUT2D eigenvalue weighted by molar-refractivity contribution is -0.161. The number of allylic oxidation sites excluding steroid dienone is 26. The summed E-state index contributed by atoms with van der Waals surface area (Å²) in [6, 6.07) is 0. The van der Waals surface area contributed by atoms with Crippen LogP contribution in [0.25, 0.3) is 0 Å². The van der Waals surface area contributed by atoms with Gasteiger partial charge >= 0.3 is 11.9 Å². The maximum atomic E-state index is 12.3. The molecule has 0 aliphatic rings.